The number of aliphatic carboxylic acids is 1. The molecule has 0 amide bonds. The number of aliphatic hydroxyl groups is 2. The summed E-state index contributed by atoms with van der Waals surface area (Å²) in [5, 5.41) is 32.4. The fourth-order valence-electron chi connectivity index (χ4n) is 11.0. The molecule has 192 valence electrons. The minimum atomic E-state index is -0.679. The average molecular weight is 473 g/mol. The summed E-state index contributed by atoms with van der Waals surface area (Å²) in [7, 11) is 0. The summed E-state index contributed by atoms with van der Waals surface area (Å²) in [4.78, 5) is 12.8. The standard InChI is InChI=1S/C30H48O4/c1-17-10-13-30(25(33)34)15-14-28(6)19(23(30)18(17)2)8-9-22-27(5)16-20(31)24(32)26(3,4)21(27)11-12-29(22,28)7/h8,17-18,20-24,31-32H,9-16H2,1-7H3,(H,33,34)/t17-,18+,20-,21+,22-,23-,24+,27+,28+,29+,30-/m1/s1. The topological polar surface area (TPSA) is 77.8 Å². The number of allylic oxidation sites excluding steroid dienone is 2. The molecule has 0 bridgehead atoms. The summed E-state index contributed by atoms with van der Waals surface area (Å²) in [6.45, 7) is 16.3. The van der Waals surface area contributed by atoms with Crippen LogP contribution >= 0.6 is 0 Å². The predicted molar refractivity (Wildman–Crippen MR) is 134 cm³/mol. The van der Waals surface area contributed by atoms with E-state index in [9.17, 15) is 20.1 Å². The molecule has 0 saturated heterocycles. The van der Waals surface area contributed by atoms with Crippen molar-refractivity contribution in [3.05, 3.63) is 11.6 Å². The van der Waals surface area contributed by atoms with Crippen molar-refractivity contribution in [3.8, 4) is 0 Å². The fourth-order valence-corrected chi connectivity index (χ4v) is 11.0. The van der Waals surface area contributed by atoms with Crippen LogP contribution in [0.1, 0.15) is 99.8 Å². The summed E-state index contributed by atoms with van der Waals surface area (Å²) >= 11 is 0. The molecule has 4 nitrogen and oxygen atoms in total. The van der Waals surface area contributed by atoms with Gasteiger partial charge >= 0.3 is 5.97 Å². The van der Waals surface area contributed by atoms with Crippen LogP contribution in [0.15, 0.2) is 11.6 Å². The van der Waals surface area contributed by atoms with Crippen LogP contribution in [0.2, 0.25) is 0 Å². The number of hydrogen-bond donors (Lipinski definition) is 3. The zero-order valence-electron chi connectivity index (χ0n) is 22.5. The molecule has 0 aromatic rings. The highest BCUT2D eigenvalue weighted by Gasteiger charge is 2.70. The number of rotatable bonds is 1. The van der Waals surface area contributed by atoms with E-state index >= 15 is 0 Å². The van der Waals surface area contributed by atoms with Gasteiger partial charge in [-0.1, -0.05) is 60.1 Å². The second kappa shape index (κ2) is 7.34. The van der Waals surface area contributed by atoms with Gasteiger partial charge in [-0.05, 0) is 103 Å². The number of hydrogen-bond acceptors (Lipinski definition) is 3. The molecule has 0 spiro atoms. The van der Waals surface area contributed by atoms with Crippen molar-refractivity contribution < 1.29 is 20.1 Å². The SMILES string of the molecule is C[C@H]1[C@H](C)CC[C@@]2(C(=O)O)CC[C@@]3(C)C(=CC[C@@H]4[C@@]5(C)C[C@@H](O)[C@H](O)C(C)(C)[C@@H]5CC[C@@]43C)[C@@H]12. The smallest absolute Gasteiger partial charge is 0.310 e. The maximum Gasteiger partial charge on any atom is 0.310 e. The molecular weight excluding hydrogens is 424 g/mol. The van der Waals surface area contributed by atoms with Gasteiger partial charge in [0, 0.05) is 0 Å². The summed E-state index contributed by atoms with van der Waals surface area (Å²) in [6, 6.07) is 0. The lowest BCUT2D eigenvalue weighted by Gasteiger charge is -2.71. The van der Waals surface area contributed by atoms with Gasteiger partial charge in [0.1, 0.15) is 0 Å². The van der Waals surface area contributed by atoms with Crippen LogP contribution in [0.5, 0.6) is 0 Å². The predicted octanol–water partition coefficient (Wildman–Crippen LogP) is 6.06. The third-order valence-corrected chi connectivity index (χ3v) is 13.4. The highest BCUT2D eigenvalue weighted by Crippen LogP contribution is 2.75. The Morgan fingerprint density at radius 1 is 0.941 bits per heavy atom. The third kappa shape index (κ3) is 2.76. The molecule has 4 fully saturated rings. The van der Waals surface area contributed by atoms with E-state index in [2.05, 4.69) is 54.5 Å². The van der Waals surface area contributed by atoms with E-state index in [1.807, 2.05) is 0 Å². The van der Waals surface area contributed by atoms with E-state index in [-0.39, 0.29) is 27.6 Å². The molecule has 0 aromatic heterocycles. The Morgan fingerprint density at radius 3 is 2.26 bits per heavy atom. The second-order valence-electron chi connectivity index (χ2n) is 14.6. The quantitative estimate of drug-likeness (QED) is 0.405. The first-order valence-corrected chi connectivity index (χ1v) is 14.0. The Balaban J connectivity index is 1.62. The molecule has 4 saturated carbocycles. The highest BCUT2D eigenvalue weighted by atomic mass is 16.4. The van der Waals surface area contributed by atoms with E-state index in [1.165, 1.54) is 5.57 Å². The van der Waals surface area contributed by atoms with Crippen LogP contribution < -0.4 is 0 Å². The molecule has 34 heavy (non-hydrogen) atoms. The molecule has 11 atom stereocenters. The van der Waals surface area contributed by atoms with Gasteiger partial charge in [0.15, 0.2) is 0 Å². The number of carboxylic acid groups (broad SMARTS) is 1. The Bertz CT molecular complexity index is 907. The average Bonchev–Trinajstić information content (AvgIpc) is 2.75. The first-order chi connectivity index (χ1) is 15.7. The summed E-state index contributed by atoms with van der Waals surface area (Å²) < 4.78 is 0. The lowest BCUT2D eigenvalue weighted by molar-refractivity contribution is -0.232. The fraction of sp³-hybridized carbons (Fsp3) is 0.900. The van der Waals surface area contributed by atoms with Gasteiger partial charge in [0.05, 0.1) is 17.6 Å². The van der Waals surface area contributed by atoms with Crippen molar-refractivity contribution in [3.63, 3.8) is 0 Å². The molecule has 0 radical (unpaired) electrons. The van der Waals surface area contributed by atoms with Crippen LogP contribution in [0.4, 0.5) is 0 Å². The maximum absolute atomic E-state index is 12.8. The molecule has 5 rings (SSSR count). The van der Waals surface area contributed by atoms with E-state index in [0.29, 0.717) is 30.1 Å². The molecule has 3 N–H and O–H groups in total. The molecule has 0 heterocycles. The maximum atomic E-state index is 12.8. The van der Waals surface area contributed by atoms with Gasteiger partial charge in [-0.3, -0.25) is 4.79 Å². The van der Waals surface area contributed by atoms with Gasteiger partial charge in [-0.25, -0.2) is 0 Å². The van der Waals surface area contributed by atoms with Gasteiger partial charge in [0.25, 0.3) is 0 Å². The van der Waals surface area contributed by atoms with E-state index in [0.717, 1.165) is 44.9 Å². The van der Waals surface area contributed by atoms with E-state index in [4.69, 9.17) is 0 Å². The van der Waals surface area contributed by atoms with Crippen molar-refractivity contribution in [2.24, 2.45) is 56.7 Å². The van der Waals surface area contributed by atoms with E-state index < -0.39 is 23.6 Å². The first-order valence-electron chi connectivity index (χ1n) is 14.0. The normalized spacial score (nSPS) is 56.3. The van der Waals surface area contributed by atoms with Crippen LogP contribution in [-0.4, -0.2) is 33.5 Å². The van der Waals surface area contributed by atoms with Gasteiger partial charge in [0.2, 0.25) is 0 Å². The van der Waals surface area contributed by atoms with Crippen molar-refractivity contribution in [1.82, 2.24) is 0 Å². The zero-order chi connectivity index (χ0) is 25.1. The van der Waals surface area contributed by atoms with Crippen molar-refractivity contribution in [2.75, 3.05) is 0 Å². The molecule has 0 aromatic carbocycles. The summed E-state index contributed by atoms with van der Waals surface area (Å²) in [5.74, 6) is 1.30. The minimum absolute atomic E-state index is 0.00993. The van der Waals surface area contributed by atoms with Gasteiger partial charge < -0.3 is 15.3 Å². The third-order valence-electron chi connectivity index (χ3n) is 13.4. The molecular formula is C30H48O4. The molecule has 5 aliphatic carbocycles. The van der Waals surface area contributed by atoms with Crippen molar-refractivity contribution in [1.29, 1.82) is 0 Å². The molecule has 4 heteroatoms. The van der Waals surface area contributed by atoms with Gasteiger partial charge in [-0.15, -0.1) is 0 Å². The monoisotopic (exact) mass is 472 g/mol. The van der Waals surface area contributed by atoms with Crippen molar-refractivity contribution >= 4 is 5.97 Å². The Labute approximate surface area is 206 Å². The zero-order valence-corrected chi connectivity index (χ0v) is 22.5. The molecule has 5 aliphatic rings. The second-order valence-corrected chi connectivity index (χ2v) is 14.6. The van der Waals surface area contributed by atoms with Gasteiger partial charge in [-0.2, -0.15) is 0 Å². The Morgan fingerprint density at radius 2 is 1.62 bits per heavy atom. The van der Waals surface area contributed by atoms with Crippen LogP contribution in [-0.2, 0) is 4.79 Å². The largest absolute Gasteiger partial charge is 0.481 e. The summed E-state index contributed by atoms with van der Waals surface area (Å²) in [6.07, 6.45) is 8.53. The number of aliphatic hydroxyl groups excluding tert-OH is 2. The van der Waals surface area contributed by atoms with Crippen LogP contribution in [0, 0.1) is 56.7 Å². The van der Waals surface area contributed by atoms with Crippen molar-refractivity contribution in [2.45, 2.75) is 112 Å². The number of fused-ring (bicyclic) bond motifs is 7. The first kappa shape index (κ1) is 24.8. The number of carboxylic acids is 1. The summed E-state index contributed by atoms with van der Waals surface area (Å²) in [5.41, 5.74) is 0.574. The minimum Gasteiger partial charge on any atom is -0.481 e. The van der Waals surface area contributed by atoms with Crippen LogP contribution in [0.3, 0.4) is 0 Å². The lowest BCUT2D eigenvalue weighted by atomic mass is 9.33. The molecule has 0 unspecified atom stereocenters. The highest BCUT2D eigenvalue weighted by molar-refractivity contribution is 5.76. The molecule has 0 aliphatic heterocycles. The van der Waals surface area contributed by atoms with E-state index in [1.54, 1.807) is 0 Å². The number of carbonyl (C=O) groups is 1. The Hall–Kier alpha value is -0.870. The lowest BCUT2D eigenvalue weighted by Crippen LogP contribution is -2.67. The Kier molecular flexibility index (Phi) is 5.36. The van der Waals surface area contributed by atoms with Crippen LogP contribution in [0.25, 0.3) is 0 Å².